The van der Waals surface area contributed by atoms with Crippen molar-refractivity contribution in [3.05, 3.63) is 77.0 Å². The van der Waals surface area contributed by atoms with Gasteiger partial charge in [-0.1, -0.05) is 48.5 Å². The number of β-lactam (4-membered cyclic amide) rings is 1. The van der Waals surface area contributed by atoms with Crippen molar-refractivity contribution in [1.29, 1.82) is 0 Å². The third-order valence-electron chi connectivity index (χ3n) is 5.48. The molecule has 1 saturated heterocycles. The standard InChI is InChI=1S/C24H23ClN2O5S/c1-31-18-10-6-5-9-16(18)13-32-24(30)21-17(12-25)14-33-23-20(22(29)27(21)23)26-19(28)11-15-7-3-2-4-8-15/h2-10,20,23H,11-14H2,1H3,(H,26,28)/t20?,23-/m1/s1. The van der Waals surface area contributed by atoms with E-state index in [1.165, 1.54) is 16.7 Å². The summed E-state index contributed by atoms with van der Waals surface area (Å²) >= 11 is 7.54. The van der Waals surface area contributed by atoms with Crippen LogP contribution in [0, 0.1) is 0 Å². The van der Waals surface area contributed by atoms with E-state index in [4.69, 9.17) is 21.1 Å². The van der Waals surface area contributed by atoms with E-state index in [0.29, 0.717) is 22.6 Å². The van der Waals surface area contributed by atoms with Crippen molar-refractivity contribution >= 4 is 41.1 Å². The van der Waals surface area contributed by atoms with Gasteiger partial charge in [0.1, 0.15) is 29.5 Å². The average Bonchev–Trinajstić information content (AvgIpc) is 2.85. The largest absolute Gasteiger partial charge is 0.496 e. The van der Waals surface area contributed by atoms with E-state index in [1.54, 1.807) is 19.2 Å². The van der Waals surface area contributed by atoms with Crippen LogP contribution >= 0.6 is 23.4 Å². The van der Waals surface area contributed by atoms with Crippen molar-refractivity contribution in [2.24, 2.45) is 0 Å². The Morgan fingerprint density at radius 1 is 1.15 bits per heavy atom. The molecule has 0 spiro atoms. The molecule has 9 heteroatoms. The van der Waals surface area contributed by atoms with Gasteiger partial charge in [0, 0.05) is 17.2 Å². The van der Waals surface area contributed by atoms with Crippen LogP contribution in [0.5, 0.6) is 5.75 Å². The molecule has 2 amide bonds. The van der Waals surface area contributed by atoms with Crippen LogP contribution in [0.15, 0.2) is 65.9 Å². The van der Waals surface area contributed by atoms with Crippen molar-refractivity contribution in [3.63, 3.8) is 0 Å². The summed E-state index contributed by atoms with van der Waals surface area (Å²) in [5.74, 6) is -0.0255. The third-order valence-corrected chi connectivity index (χ3v) is 7.14. The number of benzene rings is 2. The minimum Gasteiger partial charge on any atom is -0.496 e. The molecule has 0 aromatic heterocycles. The number of esters is 1. The first kappa shape index (κ1) is 23.2. The predicted octanol–water partition coefficient (Wildman–Crippen LogP) is 2.87. The number of carbonyl (C=O) groups excluding carboxylic acids is 3. The molecular formula is C24H23ClN2O5S. The Balaban J connectivity index is 1.43. The fraction of sp³-hybridized carbons (Fsp3) is 0.292. The molecule has 4 rings (SSSR count). The van der Waals surface area contributed by atoms with E-state index < -0.39 is 12.0 Å². The maximum absolute atomic E-state index is 13.0. The smallest absolute Gasteiger partial charge is 0.355 e. The number of alkyl halides is 1. The Morgan fingerprint density at radius 2 is 1.88 bits per heavy atom. The molecule has 33 heavy (non-hydrogen) atoms. The van der Waals surface area contributed by atoms with E-state index in [9.17, 15) is 14.4 Å². The van der Waals surface area contributed by atoms with E-state index in [1.807, 2.05) is 42.5 Å². The van der Waals surface area contributed by atoms with Gasteiger partial charge in [0.2, 0.25) is 5.91 Å². The van der Waals surface area contributed by atoms with Crippen molar-refractivity contribution in [2.75, 3.05) is 18.7 Å². The maximum Gasteiger partial charge on any atom is 0.355 e. The SMILES string of the molecule is COc1ccccc1COC(=O)C1=C(CCl)CS[C@@H]2C(NC(=O)Cc3ccccc3)C(=O)N12. The summed E-state index contributed by atoms with van der Waals surface area (Å²) in [6.07, 6.45) is 0.179. The lowest BCUT2D eigenvalue weighted by atomic mass is 10.0. The van der Waals surface area contributed by atoms with Gasteiger partial charge in [-0.25, -0.2) is 4.79 Å². The second-order valence-electron chi connectivity index (χ2n) is 7.59. The summed E-state index contributed by atoms with van der Waals surface area (Å²) in [6, 6.07) is 15.8. The van der Waals surface area contributed by atoms with Crippen LogP contribution in [-0.4, -0.2) is 52.8 Å². The Labute approximate surface area is 201 Å². The second kappa shape index (κ2) is 10.3. The molecule has 1 N–H and O–H groups in total. The summed E-state index contributed by atoms with van der Waals surface area (Å²) in [5, 5.41) is 2.43. The molecule has 172 valence electrons. The zero-order valence-corrected chi connectivity index (χ0v) is 19.5. The van der Waals surface area contributed by atoms with Crippen LogP contribution in [0.1, 0.15) is 11.1 Å². The number of nitrogens with zero attached hydrogens (tertiary/aromatic N) is 1. The number of ether oxygens (including phenoxy) is 2. The molecule has 2 aliphatic heterocycles. The summed E-state index contributed by atoms with van der Waals surface area (Å²) in [5.41, 5.74) is 2.37. The first-order chi connectivity index (χ1) is 16.0. The number of carbonyl (C=O) groups is 3. The van der Waals surface area contributed by atoms with Gasteiger partial charge < -0.3 is 14.8 Å². The Hall–Kier alpha value is -2.97. The van der Waals surface area contributed by atoms with Crippen molar-refractivity contribution in [1.82, 2.24) is 10.2 Å². The fourth-order valence-electron chi connectivity index (χ4n) is 3.81. The number of thioether (sulfide) groups is 1. The lowest BCUT2D eigenvalue weighted by Gasteiger charge is -2.49. The quantitative estimate of drug-likeness (QED) is 0.351. The normalized spacial score (nSPS) is 19.5. The monoisotopic (exact) mass is 486 g/mol. The highest BCUT2D eigenvalue weighted by molar-refractivity contribution is 8.00. The maximum atomic E-state index is 13.0. The molecule has 0 bridgehead atoms. The summed E-state index contributed by atoms with van der Waals surface area (Å²) < 4.78 is 10.8. The van der Waals surface area contributed by atoms with Gasteiger partial charge in [0.15, 0.2) is 0 Å². The van der Waals surface area contributed by atoms with Gasteiger partial charge >= 0.3 is 5.97 Å². The molecule has 2 aromatic rings. The van der Waals surface area contributed by atoms with Crippen LogP contribution in [-0.2, 0) is 32.1 Å². The molecule has 2 heterocycles. The third kappa shape index (κ3) is 4.86. The molecule has 1 unspecified atom stereocenters. The molecule has 0 saturated carbocycles. The van der Waals surface area contributed by atoms with Gasteiger partial charge in [-0.3, -0.25) is 14.5 Å². The van der Waals surface area contributed by atoms with Crippen molar-refractivity contribution < 1.29 is 23.9 Å². The highest BCUT2D eigenvalue weighted by Crippen LogP contribution is 2.41. The van der Waals surface area contributed by atoms with Gasteiger partial charge in [-0.2, -0.15) is 0 Å². The van der Waals surface area contributed by atoms with Gasteiger partial charge in [-0.05, 0) is 17.2 Å². The minimum atomic E-state index is -0.694. The van der Waals surface area contributed by atoms with Crippen LogP contribution in [0.25, 0.3) is 0 Å². The Morgan fingerprint density at radius 3 is 2.61 bits per heavy atom. The molecule has 1 fully saturated rings. The number of fused-ring (bicyclic) bond motifs is 1. The number of methoxy groups -OCH3 is 1. The average molecular weight is 487 g/mol. The molecule has 2 atom stereocenters. The number of rotatable bonds is 8. The predicted molar refractivity (Wildman–Crippen MR) is 126 cm³/mol. The molecule has 2 aliphatic rings. The lowest BCUT2D eigenvalue weighted by Crippen LogP contribution is -2.70. The van der Waals surface area contributed by atoms with E-state index >= 15 is 0 Å². The van der Waals surface area contributed by atoms with Crippen molar-refractivity contribution in [2.45, 2.75) is 24.4 Å². The number of hydrogen-bond acceptors (Lipinski definition) is 6. The van der Waals surface area contributed by atoms with Crippen molar-refractivity contribution in [3.8, 4) is 5.75 Å². The Bertz CT molecular complexity index is 1090. The molecule has 0 radical (unpaired) electrons. The van der Waals surface area contributed by atoms with E-state index in [2.05, 4.69) is 5.32 Å². The number of halogens is 1. The molecule has 2 aromatic carbocycles. The highest BCUT2D eigenvalue weighted by Gasteiger charge is 2.54. The first-order valence-electron chi connectivity index (χ1n) is 10.4. The minimum absolute atomic E-state index is 0.000999. The van der Waals surface area contributed by atoms with E-state index in [0.717, 1.165) is 5.56 Å². The zero-order chi connectivity index (χ0) is 23.4. The fourth-order valence-corrected chi connectivity index (χ4v) is 5.49. The molecular weight excluding hydrogens is 464 g/mol. The number of nitrogens with one attached hydrogen (secondary N) is 1. The Kier molecular flexibility index (Phi) is 7.25. The lowest BCUT2D eigenvalue weighted by molar-refractivity contribution is -0.153. The number of para-hydroxylation sites is 1. The number of amides is 2. The second-order valence-corrected chi connectivity index (χ2v) is 8.96. The highest BCUT2D eigenvalue weighted by atomic mass is 35.5. The van der Waals surface area contributed by atoms with Crippen LogP contribution < -0.4 is 10.1 Å². The van der Waals surface area contributed by atoms with Crippen LogP contribution in [0.4, 0.5) is 0 Å². The van der Waals surface area contributed by atoms with Crippen LogP contribution in [0.2, 0.25) is 0 Å². The topological polar surface area (TPSA) is 84.9 Å². The first-order valence-corrected chi connectivity index (χ1v) is 12.0. The van der Waals surface area contributed by atoms with Gasteiger partial charge in [0.25, 0.3) is 5.91 Å². The number of hydrogen-bond donors (Lipinski definition) is 1. The molecule has 7 nitrogen and oxygen atoms in total. The summed E-state index contributed by atoms with van der Waals surface area (Å²) in [4.78, 5) is 39.8. The summed E-state index contributed by atoms with van der Waals surface area (Å²) in [7, 11) is 1.54. The van der Waals surface area contributed by atoms with Gasteiger partial charge in [-0.15, -0.1) is 23.4 Å². The van der Waals surface area contributed by atoms with Gasteiger partial charge in [0.05, 0.1) is 13.5 Å². The van der Waals surface area contributed by atoms with Crippen LogP contribution in [0.3, 0.4) is 0 Å². The summed E-state index contributed by atoms with van der Waals surface area (Å²) in [6.45, 7) is -0.000999. The molecule has 0 aliphatic carbocycles. The zero-order valence-electron chi connectivity index (χ0n) is 18.0. The van der Waals surface area contributed by atoms with E-state index in [-0.39, 0.29) is 41.8 Å².